The lowest BCUT2D eigenvalue weighted by Gasteiger charge is -2.05. The van der Waals surface area contributed by atoms with E-state index in [0.29, 0.717) is 5.01 Å². The van der Waals surface area contributed by atoms with Crippen molar-refractivity contribution in [2.75, 3.05) is 6.54 Å². The molecule has 0 saturated carbocycles. The minimum Gasteiger partial charge on any atom is -0.273 e. The summed E-state index contributed by atoms with van der Waals surface area (Å²) in [6.45, 7) is -0.453. The fourth-order valence-electron chi connectivity index (χ4n) is 1.46. The third-order valence-corrected chi connectivity index (χ3v) is 2.56. The number of carbonyl (C=O) groups excluding carboxylic acids is 1. The lowest BCUT2D eigenvalue weighted by atomic mass is 10.2. The highest BCUT2D eigenvalue weighted by molar-refractivity contribution is 5.93. The van der Waals surface area contributed by atoms with Crippen LogP contribution in [-0.4, -0.2) is 33.1 Å². The van der Waals surface area contributed by atoms with Gasteiger partial charge in [0.05, 0.1) is 0 Å². The lowest BCUT2D eigenvalue weighted by Crippen LogP contribution is -2.43. The van der Waals surface area contributed by atoms with Crippen LogP contribution in [0.3, 0.4) is 0 Å². The minimum absolute atomic E-state index is 0.269. The van der Waals surface area contributed by atoms with Gasteiger partial charge in [0.15, 0.2) is 6.54 Å². The highest BCUT2D eigenvalue weighted by atomic mass is 16.7. The van der Waals surface area contributed by atoms with Crippen LogP contribution in [0.25, 0.3) is 0 Å². The molecule has 0 aromatic heterocycles. The van der Waals surface area contributed by atoms with Crippen molar-refractivity contribution >= 4 is 5.91 Å². The zero-order chi connectivity index (χ0) is 13.3. The van der Waals surface area contributed by atoms with E-state index >= 15 is 0 Å². The Balaban J connectivity index is 2.08. The Labute approximate surface area is 100 Å². The number of nitrogens with one attached hydrogen (secondary N) is 1. The molecule has 0 aliphatic carbocycles. The van der Waals surface area contributed by atoms with Crippen molar-refractivity contribution in [2.45, 2.75) is 5.79 Å². The summed E-state index contributed by atoms with van der Waals surface area (Å²) >= 11 is 0. The fraction of sp³-hybridized carbons (Fsp3) is 0.222. The zero-order valence-electron chi connectivity index (χ0n) is 8.98. The summed E-state index contributed by atoms with van der Waals surface area (Å²) in [7, 11) is 0. The third kappa shape index (κ3) is 1.76. The van der Waals surface area contributed by atoms with Crippen molar-refractivity contribution in [3.8, 4) is 0 Å². The number of hydrazine groups is 1. The number of amides is 1. The summed E-state index contributed by atoms with van der Waals surface area (Å²) in [5.74, 6) is -3.05. The maximum atomic E-state index is 11.6. The van der Waals surface area contributed by atoms with Gasteiger partial charge in [-0.05, 0) is 12.1 Å². The van der Waals surface area contributed by atoms with E-state index in [1.165, 1.54) is 12.1 Å². The molecule has 0 bridgehead atoms. The summed E-state index contributed by atoms with van der Waals surface area (Å²) in [6.07, 6.45) is 0. The first-order valence-corrected chi connectivity index (χ1v) is 4.91. The van der Waals surface area contributed by atoms with Gasteiger partial charge in [-0.1, -0.05) is 23.2 Å². The van der Waals surface area contributed by atoms with Gasteiger partial charge < -0.3 is 0 Å². The largest absolute Gasteiger partial charge is 0.554 e. The second-order valence-electron chi connectivity index (χ2n) is 3.68. The molecule has 9 heteroatoms. The van der Waals surface area contributed by atoms with Gasteiger partial charge in [0, 0.05) is 5.56 Å². The molecule has 1 saturated heterocycles. The van der Waals surface area contributed by atoms with Gasteiger partial charge in [-0.25, -0.2) is 0 Å². The normalized spacial score (nSPS) is 19.9. The van der Waals surface area contributed by atoms with Crippen LogP contribution in [0.2, 0.25) is 0 Å². The van der Waals surface area contributed by atoms with Gasteiger partial charge in [-0.2, -0.15) is 0 Å². The molecule has 1 N–H and O–H groups in total. The topological polar surface area (TPSA) is 118 Å². The van der Waals surface area contributed by atoms with Crippen LogP contribution in [-0.2, 0) is 0 Å². The monoisotopic (exact) mass is 252 g/mol. The Bertz CT molecular complexity index is 503. The molecular formula is C9H8N4O5. The lowest BCUT2D eigenvalue weighted by molar-refractivity contribution is -0.776. The van der Waals surface area contributed by atoms with Gasteiger partial charge in [-0.15, -0.1) is 0 Å². The smallest absolute Gasteiger partial charge is 0.273 e. The number of rotatable bonds is 4. The van der Waals surface area contributed by atoms with Gasteiger partial charge >= 0.3 is 5.79 Å². The Morgan fingerprint density at radius 2 is 1.78 bits per heavy atom. The van der Waals surface area contributed by atoms with Crippen LogP contribution in [0.1, 0.15) is 10.4 Å². The molecule has 1 amide bonds. The highest BCUT2D eigenvalue weighted by Crippen LogP contribution is 2.30. The Morgan fingerprint density at radius 3 is 2.22 bits per heavy atom. The molecule has 94 valence electrons. The van der Waals surface area contributed by atoms with Gasteiger partial charge in [0.25, 0.3) is 5.91 Å². The predicted octanol–water partition coefficient (Wildman–Crippen LogP) is -0.146. The molecule has 1 unspecified atom stereocenters. The van der Waals surface area contributed by atoms with Crippen LogP contribution in [0, 0.1) is 20.2 Å². The van der Waals surface area contributed by atoms with Crippen molar-refractivity contribution < 1.29 is 14.6 Å². The molecule has 1 aromatic rings. The number of hydrogen-bond donors (Lipinski definition) is 1. The zero-order valence-corrected chi connectivity index (χ0v) is 8.98. The average molecular weight is 252 g/mol. The van der Waals surface area contributed by atoms with Crippen LogP contribution >= 0.6 is 0 Å². The van der Waals surface area contributed by atoms with E-state index in [0.717, 1.165) is 0 Å². The Hall–Kier alpha value is -2.55. The minimum atomic E-state index is -2.43. The van der Waals surface area contributed by atoms with Crippen LogP contribution in [0.15, 0.2) is 30.3 Å². The van der Waals surface area contributed by atoms with Crippen molar-refractivity contribution in [1.29, 1.82) is 0 Å². The third-order valence-electron chi connectivity index (χ3n) is 2.56. The number of nitrogens with zero attached hydrogens (tertiary/aromatic N) is 3. The summed E-state index contributed by atoms with van der Waals surface area (Å²) in [4.78, 5) is 30.8. The maximum absolute atomic E-state index is 11.6. The van der Waals surface area contributed by atoms with E-state index in [9.17, 15) is 25.0 Å². The van der Waals surface area contributed by atoms with Crippen molar-refractivity contribution in [3.05, 3.63) is 56.1 Å². The van der Waals surface area contributed by atoms with Crippen LogP contribution in [0.5, 0.6) is 0 Å². The molecule has 9 nitrogen and oxygen atoms in total. The van der Waals surface area contributed by atoms with E-state index in [1.54, 1.807) is 18.2 Å². The highest BCUT2D eigenvalue weighted by Gasteiger charge is 2.79. The molecule has 1 fully saturated rings. The molecule has 18 heavy (non-hydrogen) atoms. The van der Waals surface area contributed by atoms with Crippen LogP contribution < -0.4 is 5.43 Å². The van der Waals surface area contributed by atoms with Crippen molar-refractivity contribution in [3.63, 3.8) is 0 Å². The van der Waals surface area contributed by atoms with E-state index < -0.39 is 28.1 Å². The first-order valence-electron chi connectivity index (χ1n) is 4.91. The average Bonchev–Trinajstić information content (AvgIpc) is 3.06. The first-order chi connectivity index (χ1) is 8.48. The number of hydrogen-bond acceptors (Lipinski definition) is 6. The van der Waals surface area contributed by atoms with Crippen molar-refractivity contribution in [1.82, 2.24) is 10.4 Å². The van der Waals surface area contributed by atoms with E-state index in [4.69, 9.17) is 0 Å². The molecule has 0 radical (unpaired) electrons. The van der Waals surface area contributed by atoms with E-state index in [2.05, 4.69) is 5.43 Å². The second-order valence-corrected chi connectivity index (χ2v) is 3.68. The molecule has 0 spiro atoms. The summed E-state index contributed by atoms with van der Waals surface area (Å²) in [5.41, 5.74) is 2.40. The van der Waals surface area contributed by atoms with Gasteiger partial charge in [-0.3, -0.25) is 30.4 Å². The van der Waals surface area contributed by atoms with Gasteiger partial charge in [0.2, 0.25) is 0 Å². The summed E-state index contributed by atoms with van der Waals surface area (Å²) in [5, 5.41) is 21.9. The second kappa shape index (κ2) is 4.04. The number of carbonyl (C=O) groups is 1. The summed E-state index contributed by atoms with van der Waals surface area (Å²) in [6, 6.07) is 7.93. The predicted molar refractivity (Wildman–Crippen MR) is 57.3 cm³/mol. The Kier molecular flexibility index (Phi) is 2.67. The van der Waals surface area contributed by atoms with Crippen molar-refractivity contribution in [2.24, 2.45) is 0 Å². The molecule has 1 aliphatic heterocycles. The number of nitro groups is 2. The quantitative estimate of drug-likeness (QED) is 0.344. The number of benzene rings is 1. The van der Waals surface area contributed by atoms with Crippen LogP contribution in [0.4, 0.5) is 0 Å². The molecular weight excluding hydrogens is 244 g/mol. The van der Waals surface area contributed by atoms with E-state index in [-0.39, 0.29) is 5.56 Å². The molecule has 1 aliphatic rings. The molecule has 1 atom stereocenters. The molecule has 1 heterocycles. The summed E-state index contributed by atoms with van der Waals surface area (Å²) < 4.78 is 0. The van der Waals surface area contributed by atoms with E-state index in [1.807, 2.05) is 0 Å². The fourth-order valence-corrected chi connectivity index (χ4v) is 1.46. The SMILES string of the molecule is O=C(NN1CC1([N+](=O)[O-])[N+](=O)[O-])c1ccccc1. The maximum Gasteiger partial charge on any atom is 0.554 e. The molecule has 1 aromatic carbocycles. The van der Waals surface area contributed by atoms with Gasteiger partial charge in [0.1, 0.15) is 9.85 Å². The molecule has 2 rings (SSSR count). The Morgan fingerprint density at radius 1 is 1.22 bits per heavy atom. The standard InChI is InChI=1S/C9H8N4O5/c14-8(7-4-2-1-3-5-7)10-11-6-9(11,12(15)16)13(17)18/h1-5H,6H2,(H,10,14). The first kappa shape index (κ1) is 11.9.